The zero-order valence-electron chi connectivity index (χ0n) is 8.42. The van der Waals surface area contributed by atoms with Crippen molar-refractivity contribution in [3.8, 4) is 0 Å². The Bertz CT molecular complexity index is 281. The number of aromatic nitrogens is 2. The summed E-state index contributed by atoms with van der Waals surface area (Å²) in [4.78, 5) is 8.35. The molecule has 0 aliphatic carbocycles. The highest BCUT2D eigenvalue weighted by Crippen LogP contribution is 2.13. The Morgan fingerprint density at radius 1 is 1.50 bits per heavy atom. The van der Waals surface area contributed by atoms with Crippen molar-refractivity contribution in [2.45, 2.75) is 25.8 Å². The van der Waals surface area contributed by atoms with E-state index < -0.39 is 0 Å². The van der Waals surface area contributed by atoms with Crippen LogP contribution in [0.15, 0.2) is 12.4 Å². The summed E-state index contributed by atoms with van der Waals surface area (Å²) in [5.41, 5.74) is 5.56. The van der Waals surface area contributed by atoms with E-state index in [4.69, 9.17) is 5.73 Å². The summed E-state index contributed by atoms with van der Waals surface area (Å²) in [5.74, 6) is 0.639. The van der Waals surface area contributed by atoms with E-state index in [0.717, 1.165) is 9.99 Å². The van der Waals surface area contributed by atoms with E-state index in [1.165, 1.54) is 0 Å². The first-order valence-electron chi connectivity index (χ1n) is 4.55. The van der Waals surface area contributed by atoms with Crippen LogP contribution in [0, 0.1) is 3.57 Å². The van der Waals surface area contributed by atoms with Crippen LogP contribution in [-0.2, 0) is 0 Å². The molecule has 0 bridgehead atoms. The van der Waals surface area contributed by atoms with Gasteiger partial charge in [0.1, 0.15) is 0 Å². The molecule has 1 unspecified atom stereocenters. The van der Waals surface area contributed by atoms with E-state index >= 15 is 0 Å². The van der Waals surface area contributed by atoms with E-state index in [9.17, 15) is 0 Å². The van der Waals surface area contributed by atoms with Gasteiger partial charge in [0, 0.05) is 28.0 Å². The van der Waals surface area contributed by atoms with Crippen molar-refractivity contribution in [1.29, 1.82) is 0 Å². The summed E-state index contributed by atoms with van der Waals surface area (Å²) in [5, 5.41) is 3.23. The lowest BCUT2D eigenvalue weighted by Crippen LogP contribution is -2.42. The van der Waals surface area contributed by atoms with Crippen molar-refractivity contribution in [2.75, 3.05) is 11.9 Å². The Hall–Kier alpha value is -0.430. The van der Waals surface area contributed by atoms with Gasteiger partial charge in [-0.3, -0.25) is 0 Å². The van der Waals surface area contributed by atoms with Gasteiger partial charge in [0.05, 0.1) is 0 Å². The number of hydrogen-bond donors (Lipinski definition) is 2. The smallest absolute Gasteiger partial charge is 0.223 e. The van der Waals surface area contributed by atoms with E-state index in [-0.39, 0.29) is 5.54 Å². The molecule has 0 radical (unpaired) electrons. The minimum absolute atomic E-state index is 0.118. The van der Waals surface area contributed by atoms with E-state index in [1.807, 2.05) is 0 Å². The number of nitrogens with zero attached hydrogens (tertiary/aromatic N) is 2. The average molecular weight is 306 g/mol. The topological polar surface area (TPSA) is 63.8 Å². The summed E-state index contributed by atoms with van der Waals surface area (Å²) in [6, 6.07) is 0. The van der Waals surface area contributed by atoms with Crippen LogP contribution in [0.1, 0.15) is 20.3 Å². The number of rotatable bonds is 4. The molecular weight excluding hydrogens is 291 g/mol. The van der Waals surface area contributed by atoms with Gasteiger partial charge in [0.15, 0.2) is 0 Å². The van der Waals surface area contributed by atoms with Gasteiger partial charge in [0.2, 0.25) is 5.95 Å². The Labute approximate surface area is 97.8 Å². The third kappa shape index (κ3) is 3.06. The summed E-state index contributed by atoms with van der Waals surface area (Å²) in [6.45, 7) is 4.72. The van der Waals surface area contributed by atoms with Crippen molar-refractivity contribution in [2.24, 2.45) is 5.73 Å². The first kappa shape index (κ1) is 11.6. The van der Waals surface area contributed by atoms with E-state index in [0.29, 0.717) is 12.5 Å². The standard InChI is InChI=1S/C9H15IN4/c1-3-9(2,6-11)14-8-12-4-7(10)5-13-8/h4-5H,3,6,11H2,1-2H3,(H,12,13,14). The minimum atomic E-state index is -0.118. The quantitative estimate of drug-likeness (QED) is 0.830. The molecule has 0 spiro atoms. The molecular formula is C9H15IN4. The molecule has 1 heterocycles. The van der Waals surface area contributed by atoms with Gasteiger partial charge < -0.3 is 11.1 Å². The van der Waals surface area contributed by atoms with Crippen LogP contribution in [0.4, 0.5) is 5.95 Å². The molecule has 0 aliphatic rings. The lowest BCUT2D eigenvalue weighted by atomic mass is 10.00. The zero-order valence-corrected chi connectivity index (χ0v) is 10.6. The fourth-order valence-corrected chi connectivity index (χ4v) is 1.21. The van der Waals surface area contributed by atoms with Gasteiger partial charge in [-0.2, -0.15) is 0 Å². The summed E-state index contributed by atoms with van der Waals surface area (Å²) in [7, 11) is 0. The maximum Gasteiger partial charge on any atom is 0.223 e. The molecule has 5 heteroatoms. The average Bonchev–Trinajstić information content (AvgIpc) is 2.21. The lowest BCUT2D eigenvalue weighted by Gasteiger charge is -2.27. The number of halogens is 1. The number of nitrogens with two attached hydrogens (primary N) is 1. The highest BCUT2D eigenvalue weighted by Gasteiger charge is 2.20. The van der Waals surface area contributed by atoms with Gasteiger partial charge in [-0.05, 0) is 35.9 Å². The van der Waals surface area contributed by atoms with Crippen molar-refractivity contribution in [1.82, 2.24) is 9.97 Å². The predicted octanol–water partition coefficient (Wildman–Crippen LogP) is 1.62. The van der Waals surface area contributed by atoms with Crippen LogP contribution < -0.4 is 11.1 Å². The van der Waals surface area contributed by atoms with E-state index in [2.05, 4.69) is 51.7 Å². The van der Waals surface area contributed by atoms with Gasteiger partial charge in [-0.15, -0.1) is 0 Å². The van der Waals surface area contributed by atoms with Gasteiger partial charge in [-0.25, -0.2) is 9.97 Å². The molecule has 1 aromatic rings. The molecule has 1 atom stereocenters. The molecule has 3 N–H and O–H groups in total. The number of hydrogen-bond acceptors (Lipinski definition) is 4. The molecule has 0 aliphatic heterocycles. The highest BCUT2D eigenvalue weighted by molar-refractivity contribution is 14.1. The van der Waals surface area contributed by atoms with Crippen molar-refractivity contribution < 1.29 is 0 Å². The van der Waals surface area contributed by atoms with Crippen molar-refractivity contribution in [3.05, 3.63) is 16.0 Å². The highest BCUT2D eigenvalue weighted by atomic mass is 127. The molecule has 0 fully saturated rings. The number of nitrogens with one attached hydrogen (secondary N) is 1. The third-order valence-electron chi connectivity index (χ3n) is 2.26. The monoisotopic (exact) mass is 306 g/mol. The molecule has 0 aromatic carbocycles. The minimum Gasteiger partial charge on any atom is -0.348 e. The van der Waals surface area contributed by atoms with Crippen LogP contribution in [0.25, 0.3) is 0 Å². The second-order valence-electron chi connectivity index (χ2n) is 3.47. The second kappa shape index (κ2) is 4.88. The first-order chi connectivity index (χ1) is 6.59. The van der Waals surface area contributed by atoms with Crippen molar-refractivity contribution >= 4 is 28.5 Å². The van der Waals surface area contributed by atoms with Crippen LogP contribution in [0.5, 0.6) is 0 Å². The fraction of sp³-hybridized carbons (Fsp3) is 0.556. The maximum atomic E-state index is 5.68. The van der Waals surface area contributed by atoms with Crippen LogP contribution in [0.2, 0.25) is 0 Å². The summed E-state index contributed by atoms with van der Waals surface area (Å²) < 4.78 is 1.03. The largest absolute Gasteiger partial charge is 0.348 e. The molecule has 0 saturated carbocycles. The summed E-state index contributed by atoms with van der Waals surface area (Å²) in [6.07, 6.45) is 4.50. The normalized spacial score (nSPS) is 14.9. The second-order valence-corrected chi connectivity index (χ2v) is 4.71. The third-order valence-corrected chi connectivity index (χ3v) is 2.82. The Morgan fingerprint density at radius 3 is 2.50 bits per heavy atom. The molecule has 1 rings (SSSR count). The molecule has 4 nitrogen and oxygen atoms in total. The van der Waals surface area contributed by atoms with Crippen LogP contribution >= 0.6 is 22.6 Å². The van der Waals surface area contributed by atoms with Crippen LogP contribution in [-0.4, -0.2) is 22.1 Å². The van der Waals surface area contributed by atoms with Crippen LogP contribution in [0.3, 0.4) is 0 Å². The number of anilines is 1. The summed E-state index contributed by atoms with van der Waals surface area (Å²) >= 11 is 2.17. The Morgan fingerprint density at radius 2 is 2.07 bits per heavy atom. The Balaban J connectivity index is 2.72. The Kier molecular flexibility index (Phi) is 4.06. The molecule has 78 valence electrons. The maximum absolute atomic E-state index is 5.68. The van der Waals surface area contributed by atoms with Crippen molar-refractivity contribution in [3.63, 3.8) is 0 Å². The van der Waals surface area contributed by atoms with Gasteiger partial charge >= 0.3 is 0 Å². The lowest BCUT2D eigenvalue weighted by molar-refractivity contribution is 0.502. The van der Waals surface area contributed by atoms with Gasteiger partial charge in [0.25, 0.3) is 0 Å². The van der Waals surface area contributed by atoms with Gasteiger partial charge in [-0.1, -0.05) is 6.92 Å². The molecule has 14 heavy (non-hydrogen) atoms. The SMILES string of the molecule is CCC(C)(CN)Nc1ncc(I)cn1. The predicted molar refractivity (Wildman–Crippen MR) is 66.1 cm³/mol. The molecule has 1 aromatic heterocycles. The molecule has 0 amide bonds. The first-order valence-corrected chi connectivity index (χ1v) is 5.63. The molecule has 0 saturated heterocycles. The van der Waals surface area contributed by atoms with E-state index in [1.54, 1.807) is 12.4 Å². The fourth-order valence-electron chi connectivity index (χ4n) is 0.931. The zero-order chi connectivity index (χ0) is 10.6.